The molecule has 0 rings (SSSR count). The largest absolute Gasteiger partial charge is 0.389 e. The molecule has 0 aromatic rings. The van der Waals surface area contributed by atoms with E-state index >= 15 is 0 Å². The normalized spacial score (nSPS) is 19.9. The predicted molar refractivity (Wildman–Crippen MR) is 70.4 cm³/mol. The summed E-state index contributed by atoms with van der Waals surface area (Å²) < 4.78 is 0. The third-order valence-electron chi connectivity index (χ3n) is 3.38. The maximum Gasteiger partial charge on any atom is 0.0756 e. The first-order valence-electron chi connectivity index (χ1n) is 6.34. The highest BCUT2D eigenvalue weighted by Crippen LogP contribution is 2.18. The van der Waals surface area contributed by atoms with Gasteiger partial charge in [0, 0.05) is 18.6 Å². The summed E-state index contributed by atoms with van der Waals surface area (Å²) in [6.45, 7) is 11.0. The van der Waals surface area contributed by atoms with Gasteiger partial charge in [0.25, 0.3) is 0 Å². The Morgan fingerprint density at radius 2 is 1.69 bits per heavy atom. The molecule has 3 nitrogen and oxygen atoms in total. The average molecular weight is 230 g/mol. The molecule has 0 spiro atoms. The summed E-state index contributed by atoms with van der Waals surface area (Å²) in [7, 11) is 2.13. The van der Waals surface area contributed by atoms with Gasteiger partial charge in [-0.05, 0) is 46.6 Å². The lowest BCUT2D eigenvalue weighted by Gasteiger charge is -2.35. The molecule has 3 N–H and O–H groups in total. The zero-order valence-electron chi connectivity index (χ0n) is 11.8. The van der Waals surface area contributed by atoms with Crippen LogP contribution in [0.5, 0.6) is 0 Å². The van der Waals surface area contributed by atoms with Crippen LogP contribution in [0.25, 0.3) is 0 Å². The Hall–Kier alpha value is -0.120. The second-order valence-corrected chi connectivity index (χ2v) is 5.90. The first-order valence-corrected chi connectivity index (χ1v) is 6.34. The van der Waals surface area contributed by atoms with E-state index in [1.807, 2.05) is 6.92 Å². The van der Waals surface area contributed by atoms with E-state index in [9.17, 15) is 5.11 Å². The fourth-order valence-corrected chi connectivity index (χ4v) is 2.15. The molecule has 98 valence electrons. The van der Waals surface area contributed by atoms with Crippen molar-refractivity contribution in [3.8, 4) is 0 Å². The second-order valence-electron chi connectivity index (χ2n) is 5.90. The van der Waals surface area contributed by atoms with Crippen LogP contribution in [0, 0.1) is 5.92 Å². The Labute approximate surface area is 101 Å². The Morgan fingerprint density at radius 1 is 1.19 bits per heavy atom. The molecule has 0 aliphatic carbocycles. The van der Waals surface area contributed by atoms with Crippen molar-refractivity contribution in [3.63, 3.8) is 0 Å². The maximum absolute atomic E-state index is 9.95. The van der Waals surface area contributed by atoms with E-state index < -0.39 is 5.60 Å². The van der Waals surface area contributed by atoms with Crippen LogP contribution in [0.4, 0.5) is 0 Å². The summed E-state index contributed by atoms with van der Waals surface area (Å²) in [6, 6.07) is 0.899. The van der Waals surface area contributed by atoms with Gasteiger partial charge >= 0.3 is 0 Å². The molecular weight excluding hydrogens is 200 g/mol. The van der Waals surface area contributed by atoms with Crippen molar-refractivity contribution in [2.24, 2.45) is 11.7 Å². The van der Waals surface area contributed by atoms with Gasteiger partial charge in [-0.3, -0.25) is 0 Å². The van der Waals surface area contributed by atoms with Crippen molar-refractivity contribution in [2.75, 3.05) is 13.6 Å². The van der Waals surface area contributed by atoms with Gasteiger partial charge in [0.1, 0.15) is 0 Å². The van der Waals surface area contributed by atoms with Crippen molar-refractivity contribution in [2.45, 2.75) is 65.1 Å². The summed E-state index contributed by atoms with van der Waals surface area (Å²) in [5, 5.41) is 9.95. The van der Waals surface area contributed by atoms with Crippen molar-refractivity contribution >= 4 is 0 Å². The number of rotatable bonds is 7. The molecule has 0 aliphatic rings. The molecule has 0 heterocycles. The SMILES string of the molecule is CC(C)CC(C)N(C)C(C)CC(C)(O)CN. The fraction of sp³-hybridized carbons (Fsp3) is 1.00. The molecule has 0 saturated carbocycles. The number of nitrogens with zero attached hydrogens (tertiary/aromatic N) is 1. The van der Waals surface area contributed by atoms with Crippen molar-refractivity contribution in [3.05, 3.63) is 0 Å². The Bertz CT molecular complexity index is 192. The summed E-state index contributed by atoms with van der Waals surface area (Å²) >= 11 is 0. The van der Waals surface area contributed by atoms with Crippen LogP contribution >= 0.6 is 0 Å². The Morgan fingerprint density at radius 3 is 2.06 bits per heavy atom. The lowest BCUT2D eigenvalue weighted by molar-refractivity contribution is 0.0253. The van der Waals surface area contributed by atoms with Crippen LogP contribution < -0.4 is 5.73 Å². The summed E-state index contributed by atoms with van der Waals surface area (Å²) in [4.78, 5) is 2.34. The zero-order chi connectivity index (χ0) is 12.9. The maximum atomic E-state index is 9.95. The van der Waals surface area contributed by atoms with E-state index in [0.29, 0.717) is 24.5 Å². The monoisotopic (exact) mass is 230 g/mol. The number of hydrogen-bond donors (Lipinski definition) is 2. The molecule has 0 aromatic heterocycles. The third-order valence-corrected chi connectivity index (χ3v) is 3.38. The van der Waals surface area contributed by atoms with E-state index in [2.05, 4.69) is 39.6 Å². The summed E-state index contributed by atoms with van der Waals surface area (Å²) in [5.74, 6) is 0.708. The van der Waals surface area contributed by atoms with Gasteiger partial charge in [-0.1, -0.05) is 13.8 Å². The van der Waals surface area contributed by atoms with Gasteiger partial charge in [0.2, 0.25) is 0 Å². The van der Waals surface area contributed by atoms with Gasteiger partial charge < -0.3 is 15.7 Å². The molecule has 16 heavy (non-hydrogen) atoms. The van der Waals surface area contributed by atoms with Crippen LogP contribution in [0.2, 0.25) is 0 Å². The molecule has 0 radical (unpaired) electrons. The molecule has 0 bridgehead atoms. The van der Waals surface area contributed by atoms with Gasteiger partial charge in [0.05, 0.1) is 5.60 Å². The number of aliphatic hydroxyl groups is 1. The van der Waals surface area contributed by atoms with Crippen molar-refractivity contribution in [1.29, 1.82) is 0 Å². The topological polar surface area (TPSA) is 49.5 Å². The summed E-state index contributed by atoms with van der Waals surface area (Å²) in [5.41, 5.74) is 4.80. The zero-order valence-corrected chi connectivity index (χ0v) is 11.8. The minimum atomic E-state index is -0.745. The molecular formula is C13H30N2O. The van der Waals surface area contributed by atoms with E-state index in [4.69, 9.17) is 5.73 Å². The quantitative estimate of drug-likeness (QED) is 0.701. The Balaban J connectivity index is 4.22. The number of hydrogen-bond acceptors (Lipinski definition) is 3. The average Bonchev–Trinajstić information content (AvgIpc) is 2.14. The standard InChI is InChI=1S/C13H30N2O/c1-10(2)7-11(3)15(6)12(4)8-13(5,16)9-14/h10-12,16H,7-9,14H2,1-6H3. The molecule has 0 fully saturated rings. The van der Waals surface area contributed by atoms with E-state index in [-0.39, 0.29) is 0 Å². The van der Waals surface area contributed by atoms with Crippen molar-refractivity contribution in [1.82, 2.24) is 4.90 Å². The molecule has 3 unspecified atom stereocenters. The summed E-state index contributed by atoms with van der Waals surface area (Å²) in [6.07, 6.45) is 1.91. The molecule has 0 amide bonds. The third kappa shape index (κ3) is 5.83. The lowest BCUT2D eigenvalue weighted by Crippen LogP contribution is -2.45. The van der Waals surface area contributed by atoms with Crippen molar-refractivity contribution < 1.29 is 5.11 Å². The first kappa shape index (κ1) is 15.9. The number of nitrogens with two attached hydrogens (primary N) is 1. The van der Waals surface area contributed by atoms with Crippen LogP contribution in [-0.4, -0.2) is 41.3 Å². The van der Waals surface area contributed by atoms with Crippen LogP contribution in [0.1, 0.15) is 47.5 Å². The second kappa shape index (κ2) is 6.58. The molecule has 3 heteroatoms. The van der Waals surface area contributed by atoms with Gasteiger partial charge in [-0.2, -0.15) is 0 Å². The molecule has 0 aromatic carbocycles. The Kier molecular flexibility index (Phi) is 6.53. The van der Waals surface area contributed by atoms with E-state index in [1.54, 1.807) is 0 Å². The van der Waals surface area contributed by atoms with Crippen LogP contribution in [-0.2, 0) is 0 Å². The van der Waals surface area contributed by atoms with Gasteiger partial charge in [-0.25, -0.2) is 0 Å². The van der Waals surface area contributed by atoms with Crippen LogP contribution in [0.3, 0.4) is 0 Å². The fourth-order valence-electron chi connectivity index (χ4n) is 2.15. The minimum Gasteiger partial charge on any atom is -0.389 e. The highest BCUT2D eigenvalue weighted by molar-refractivity contribution is 4.81. The molecule has 3 atom stereocenters. The lowest BCUT2D eigenvalue weighted by atomic mass is 9.95. The van der Waals surface area contributed by atoms with Gasteiger partial charge in [-0.15, -0.1) is 0 Å². The molecule has 0 saturated heterocycles. The minimum absolute atomic E-state index is 0.323. The molecule has 0 aliphatic heterocycles. The van der Waals surface area contributed by atoms with E-state index in [1.165, 1.54) is 6.42 Å². The van der Waals surface area contributed by atoms with Gasteiger partial charge in [0.15, 0.2) is 0 Å². The smallest absolute Gasteiger partial charge is 0.0756 e. The highest BCUT2D eigenvalue weighted by Gasteiger charge is 2.25. The van der Waals surface area contributed by atoms with E-state index in [0.717, 1.165) is 6.42 Å². The predicted octanol–water partition coefficient (Wildman–Crippen LogP) is 1.84. The highest BCUT2D eigenvalue weighted by atomic mass is 16.3. The van der Waals surface area contributed by atoms with Crippen LogP contribution in [0.15, 0.2) is 0 Å². The first-order chi connectivity index (χ1) is 7.19.